The Morgan fingerprint density at radius 1 is 1.35 bits per heavy atom. The van der Waals surface area contributed by atoms with Crippen molar-refractivity contribution in [2.45, 2.75) is 6.54 Å². The van der Waals surface area contributed by atoms with Crippen molar-refractivity contribution in [2.75, 3.05) is 7.11 Å². The Morgan fingerprint density at radius 3 is 2.85 bits per heavy atom. The molecule has 0 aliphatic carbocycles. The summed E-state index contributed by atoms with van der Waals surface area (Å²) in [7, 11) is 1.62. The second-order valence-electron chi connectivity index (χ2n) is 4.00. The molecule has 2 aromatic rings. The van der Waals surface area contributed by atoms with Gasteiger partial charge in [-0.15, -0.1) is 11.3 Å². The lowest BCUT2D eigenvalue weighted by molar-refractivity contribution is -0.116. The predicted molar refractivity (Wildman–Crippen MR) is 85.9 cm³/mol. The standard InChI is InChI=1S/C15H14BrNO2S/c1-19-13-5-3-2-4-11(13)10-17-15(18)9-7-12-6-8-14(16)20-12/h2-9H,10H2,1H3,(H,17,18). The van der Waals surface area contributed by atoms with Crippen LogP contribution in [0.2, 0.25) is 0 Å². The molecule has 0 unspecified atom stereocenters. The lowest BCUT2D eigenvalue weighted by Gasteiger charge is -2.08. The number of nitrogens with one attached hydrogen (secondary N) is 1. The molecule has 0 fully saturated rings. The van der Waals surface area contributed by atoms with Crippen molar-refractivity contribution in [3.05, 3.63) is 56.7 Å². The summed E-state index contributed by atoms with van der Waals surface area (Å²) in [5, 5.41) is 2.84. The fourth-order valence-corrected chi connectivity index (χ4v) is 2.99. The molecule has 1 aromatic carbocycles. The number of carbonyl (C=O) groups is 1. The highest BCUT2D eigenvalue weighted by Crippen LogP contribution is 2.23. The highest BCUT2D eigenvalue weighted by molar-refractivity contribution is 9.11. The van der Waals surface area contributed by atoms with Crippen molar-refractivity contribution in [1.29, 1.82) is 0 Å². The van der Waals surface area contributed by atoms with E-state index in [1.54, 1.807) is 24.5 Å². The van der Waals surface area contributed by atoms with Crippen molar-refractivity contribution < 1.29 is 9.53 Å². The molecule has 5 heteroatoms. The minimum atomic E-state index is -0.125. The van der Waals surface area contributed by atoms with Gasteiger partial charge < -0.3 is 10.1 Å². The van der Waals surface area contributed by atoms with Crippen molar-refractivity contribution in [1.82, 2.24) is 5.32 Å². The van der Waals surface area contributed by atoms with E-state index in [-0.39, 0.29) is 5.91 Å². The van der Waals surface area contributed by atoms with Gasteiger partial charge in [0.1, 0.15) is 5.75 Å². The van der Waals surface area contributed by atoms with Crippen LogP contribution in [-0.2, 0) is 11.3 Å². The molecule has 20 heavy (non-hydrogen) atoms. The van der Waals surface area contributed by atoms with E-state index in [1.807, 2.05) is 36.4 Å². The molecule has 2 rings (SSSR count). The zero-order valence-corrected chi connectivity index (χ0v) is 13.3. The monoisotopic (exact) mass is 351 g/mol. The van der Waals surface area contributed by atoms with Gasteiger partial charge in [0.05, 0.1) is 10.9 Å². The van der Waals surface area contributed by atoms with Crippen LogP contribution in [0.5, 0.6) is 5.75 Å². The Kier molecular flexibility index (Phi) is 5.38. The third-order valence-electron chi connectivity index (χ3n) is 2.64. The number of thiophene rings is 1. The molecule has 0 aliphatic rings. The molecule has 0 spiro atoms. The summed E-state index contributed by atoms with van der Waals surface area (Å²) in [5.41, 5.74) is 0.954. The molecule has 0 saturated heterocycles. The van der Waals surface area contributed by atoms with Gasteiger partial charge in [-0.25, -0.2) is 0 Å². The van der Waals surface area contributed by atoms with Crippen LogP contribution in [0.1, 0.15) is 10.4 Å². The largest absolute Gasteiger partial charge is 0.496 e. The summed E-state index contributed by atoms with van der Waals surface area (Å²) < 4.78 is 6.28. The van der Waals surface area contributed by atoms with Crippen molar-refractivity contribution >= 4 is 39.2 Å². The van der Waals surface area contributed by atoms with Gasteiger partial charge in [0.2, 0.25) is 5.91 Å². The molecule has 1 amide bonds. The second-order valence-corrected chi connectivity index (χ2v) is 6.50. The number of halogens is 1. The molecule has 1 N–H and O–H groups in total. The third kappa shape index (κ3) is 4.21. The van der Waals surface area contributed by atoms with E-state index in [0.717, 1.165) is 20.0 Å². The molecule has 0 aliphatic heterocycles. The summed E-state index contributed by atoms with van der Waals surface area (Å²) in [6, 6.07) is 11.5. The van der Waals surface area contributed by atoms with Gasteiger partial charge in [-0.05, 0) is 40.2 Å². The molecule has 3 nitrogen and oxygen atoms in total. The summed E-state index contributed by atoms with van der Waals surface area (Å²) in [6.45, 7) is 0.446. The van der Waals surface area contributed by atoms with E-state index in [2.05, 4.69) is 21.2 Å². The molecule has 1 heterocycles. The number of para-hydroxylation sites is 1. The number of carbonyl (C=O) groups excluding carboxylic acids is 1. The lowest BCUT2D eigenvalue weighted by atomic mass is 10.2. The predicted octanol–water partition coefficient (Wildman–Crippen LogP) is 3.85. The number of rotatable bonds is 5. The normalized spacial score (nSPS) is 10.7. The number of ether oxygens (including phenoxy) is 1. The summed E-state index contributed by atoms with van der Waals surface area (Å²) in [5.74, 6) is 0.652. The average Bonchev–Trinajstić information content (AvgIpc) is 2.89. The van der Waals surface area contributed by atoms with Crippen LogP contribution in [0.15, 0.2) is 46.3 Å². The Morgan fingerprint density at radius 2 is 2.15 bits per heavy atom. The summed E-state index contributed by atoms with van der Waals surface area (Å²) in [6.07, 6.45) is 3.33. The zero-order valence-electron chi connectivity index (χ0n) is 10.9. The van der Waals surface area contributed by atoms with E-state index in [4.69, 9.17) is 4.74 Å². The van der Waals surface area contributed by atoms with Crippen LogP contribution in [0, 0.1) is 0 Å². The maximum absolute atomic E-state index is 11.8. The number of benzene rings is 1. The first kappa shape index (κ1) is 14.8. The van der Waals surface area contributed by atoms with E-state index in [9.17, 15) is 4.79 Å². The topological polar surface area (TPSA) is 38.3 Å². The molecule has 0 atom stereocenters. The molecule has 0 saturated carbocycles. The SMILES string of the molecule is COc1ccccc1CNC(=O)C=Cc1ccc(Br)s1. The minimum absolute atomic E-state index is 0.125. The van der Waals surface area contributed by atoms with Crippen molar-refractivity contribution in [3.63, 3.8) is 0 Å². The van der Waals surface area contributed by atoms with Gasteiger partial charge in [-0.1, -0.05) is 18.2 Å². The molecular weight excluding hydrogens is 338 g/mol. The molecular formula is C15H14BrNO2S. The van der Waals surface area contributed by atoms with Crippen LogP contribution in [0.4, 0.5) is 0 Å². The van der Waals surface area contributed by atoms with Gasteiger partial charge >= 0.3 is 0 Å². The fourth-order valence-electron chi connectivity index (χ4n) is 1.67. The third-order valence-corrected chi connectivity index (χ3v) is 4.23. The lowest BCUT2D eigenvalue weighted by Crippen LogP contribution is -2.20. The number of hydrogen-bond donors (Lipinski definition) is 1. The minimum Gasteiger partial charge on any atom is -0.496 e. The Bertz CT molecular complexity index is 622. The summed E-state index contributed by atoms with van der Waals surface area (Å²) >= 11 is 4.97. The van der Waals surface area contributed by atoms with E-state index in [1.165, 1.54) is 6.08 Å². The van der Waals surface area contributed by atoms with Crippen molar-refractivity contribution in [2.24, 2.45) is 0 Å². The Labute approximate surface area is 130 Å². The van der Waals surface area contributed by atoms with E-state index in [0.29, 0.717) is 6.54 Å². The van der Waals surface area contributed by atoms with E-state index >= 15 is 0 Å². The Hall–Kier alpha value is -1.59. The maximum atomic E-state index is 11.8. The number of amides is 1. The van der Waals surface area contributed by atoms with Crippen LogP contribution in [-0.4, -0.2) is 13.0 Å². The van der Waals surface area contributed by atoms with Gasteiger partial charge in [0, 0.05) is 23.1 Å². The van der Waals surface area contributed by atoms with E-state index < -0.39 is 0 Å². The second kappa shape index (κ2) is 7.26. The molecule has 1 aromatic heterocycles. The van der Waals surface area contributed by atoms with Crippen LogP contribution in [0.25, 0.3) is 6.08 Å². The van der Waals surface area contributed by atoms with Crippen molar-refractivity contribution in [3.8, 4) is 5.75 Å². The highest BCUT2D eigenvalue weighted by Gasteiger charge is 2.02. The average molecular weight is 352 g/mol. The van der Waals surface area contributed by atoms with Gasteiger partial charge in [0.25, 0.3) is 0 Å². The summed E-state index contributed by atoms with van der Waals surface area (Å²) in [4.78, 5) is 12.8. The zero-order chi connectivity index (χ0) is 14.4. The molecule has 0 bridgehead atoms. The first-order valence-corrected chi connectivity index (χ1v) is 7.63. The van der Waals surface area contributed by atoms with Gasteiger partial charge in [-0.2, -0.15) is 0 Å². The first-order valence-electron chi connectivity index (χ1n) is 6.02. The quantitative estimate of drug-likeness (QED) is 0.830. The molecule has 104 valence electrons. The molecule has 0 radical (unpaired) electrons. The first-order chi connectivity index (χ1) is 9.69. The Balaban J connectivity index is 1.90. The van der Waals surface area contributed by atoms with Crippen LogP contribution < -0.4 is 10.1 Å². The van der Waals surface area contributed by atoms with Gasteiger partial charge in [-0.3, -0.25) is 4.79 Å². The van der Waals surface area contributed by atoms with Crippen LogP contribution in [0.3, 0.4) is 0 Å². The number of hydrogen-bond acceptors (Lipinski definition) is 3. The number of methoxy groups -OCH3 is 1. The highest BCUT2D eigenvalue weighted by atomic mass is 79.9. The fraction of sp³-hybridized carbons (Fsp3) is 0.133. The maximum Gasteiger partial charge on any atom is 0.244 e. The van der Waals surface area contributed by atoms with Crippen LogP contribution >= 0.6 is 27.3 Å². The smallest absolute Gasteiger partial charge is 0.244 e. The van der Waals surface area contributed by atoms with Gasteiger partial charge in [0.15, 0.2) is 0 Å².